The summed E-state index contributed by atoms with van der Waals surface area (Å²) in [6.45, 7) is 3.55. The van der Waals surface area contributed by atoms with E-state index < -0.39 is 5.97 Å². The van der Waals surface area contributed by atoms with Gasteiger partial charge in [0.05, 0.1) is 0 Å². The quantitative estimate of drug-likeness (QED) is 0.809. The standard InChI is InChI=1S/C11H17N3O2S/c1-7-9(10(15)16)13-11(17-7)12-5-6-14(2)8-3-4-8/h8H,3-6H2,1-2H3,(H,12,13)(H,15,16). The topological polar surface area (TPSA) is 65.5 Å². The maximum atomic E-state index is 10.8. The molecule has 1 aliphatic rings. The molecule has 2 rings (SSSR count). The van der Waals surface area contributed by atoms with E-state index in [1.165, 1.54) is 24.2 Å². The van der Waals surface area contributed by atoms with Crippen molar-refractivity contribution in [3.05, 3.63) is 10.6 Å². The minimum absolute atomic E-state index is 0.160. The van der Waals surface area contributed by atoms with Crippen LogP contribution in [0.1, 0.15) is 28.2 Å². The third-order valence-corrected chi connectivity index (χ3v) is 3.84. The highest BCUT2D eigenvalue weighted by Gasteiger charge is 2.25. The molecule has 0 spiro atoms. The van der Waals surface area contributed by atoms with Gasteiger partial charge in [0.1, 0.15) is 0 Å². The second-order valence-corrected chi connectivity index (χ2v) is 5.57. The molecule has 5 nitrogen and oxygen atoms in total. The van der Waals surface area contributed by atoms with Crippen molar-refractivity contribution >= 4 is 22.4 Å². The Morgan fingerprint density at radius 3 is 2.88 bits per heavy atom. The number of rotatable bonds is 6. The average Bonchev–Trinajstić information content (AvgIpc) is 3.03. The number of nitrogens with zero attached hydrogens (tertiary/aromatic N) is 2. The highest BCUT2D eigenvalue weighted by atomic mass is 32.1. The smallest absolute Gasteiger partial charge is 0.355 e. The van der Waals surface area contributed by atoms with Gasteiger partial charge in [-0.2, -0.15) is 0 Å². The van der Waals surface area contributed by atoms with E-state index in [2.05, 4.69) is 22.2 Å². The minimum atomic E-state index is -0.957. The normalized spacial score (nSPS) is 15.2. The molecule has 0 saturated heterocycles. The molecule has 0 aliphatic heterocycles. The monoisotopic (exact) mass is 255 g/mol. The molecule has 0 unspecified atom stereocenters. The highest BCUT2D eigenvalue weighted by molar-refractivity contribution is 7.15. The summed E-state index contributed by atoms with van der Waals surface area (Å²) in [6.07, 6.45) is 2.60. The number of aryl methyl sites for hydroxylation is 1. The number of likely N-dealkylation sites (N-methyl/N-ethyl adjacent to an activating group) is 1. The first-order valence-electron chi connectivity index (χ1n) is 5.72. The lowest BCUT2D eigenvalue weighted by molar-refractivity contribution is 0.0690. The number of hydrogen-bond donors (Lipinski definition) is 2. The maximum Gasteiger partial charge on any atom is 0.355 e. The number of thiazole rings is 1. The van der Waals surface area contributed by atoms with Crippen molar-refractivity contribution in [1.29, 1.82) is 0 Å². The van der Waals surface area contributed by atoms with Crippen molar-refractivity contribution in [3.8, 4) is 0 Å². The number of hydrogen-bond acceptors (Lipinski definition) is 5. The number of carboxylic acids is 1. The van der Waals surface area contributed by atoms with Crippen LogP contribution in [0, 0.1) is 6.92 Å². The summed E-state index contributed by atoms with van der Waals surface area (Å²) in [7, 11) is 2.12. The number of carbonyl (C=O) groups is 1. The van der Waals surface area contributed by atoms with Crippen LogP contribution in [-0.4, -0.2) is 47.1 Å². The molecular weight excluding hydrogens is 238 g/mol. The molecule has 0 atom stereocenters. The SMILES string of the molecule is Cc1sc(NCCN(C)C2CC2)nc1C(=O)O. The summed E-state index contributed by atoms with van der Waals surface area (Å²) in [5, 5.41) is 12.8. The molecule has 1 saturated carbocycles. The predicted octanol–water partition coefficient (Wildman–Crippen LogP) is 1.66. The Kier molecular flexibility index (Phi) is 3.63. The van der Waals surface area contributed by atoms with Crippen LogP contribution >= 0.6 is 11.3 Å². The average molecular weight is 255 g/mol. The van der Waals surface area contributed by atoms with Gasteiger partial charge in [-0.1, -0.05) is 0 Å². The zero-order valence-electron chi connectivity index (χ0n) is 10.1. The fraction of sp³-hybridized carbons (Fsp3) is 0.636. The molecule has 1 fully saturated rings. The Morgan fingerprint density at radius 1 is 1.65 bits per heavy atom. The second kappa shape index (κ2) is 5.01. The number of aromatic nitrogens is 1. The third kappa shape index (κ3) is 3.17. The van der Waals surface area contributed by atoms with Crippen molar-refractivity contribution in [3.63, 3.8) is 0 Å². The molecule has 1 heterocycles. The van der Waals surface area contributed by atoms with Gasteiger partial charge in [0.25, 0.3) is 0 Å². The van der Waals surface area contributed by atoms with Gasteiger partial charge in [0.2, 0.25) is 0 Å². The van der Waals surface area contributed by atoms with Crippen LogP contribution < -0.4 is 5.32 Å². The van der Waals surface area contributed by atoms with E-state index in [9.17, 15) is 4.79 Å². The molecule has 0 aromatic carbocycles. The maximum absolute atomic E-state index is 10.8. The van der Waals surface area contributed by atoms with Crippen LogP contribution in [0.15, 0.2) is 0 Å². The third-order valence-electron chi connectivity index (χ3n) is 2.91. The van der Waals surface area contributed by atoms with Crippen LogP contribution in [0.3, 0.4) is 0 Å². The van der Waals surface area contributed by atoms with Gasteiger partial charge >= 0.3 is 5.97 Å². The molecule has 1 aromatic rings. The lowest BCUT2D eigenvalue weighted by Crippen LogP contribution is -2.26. The zero-order chi connectivity index (χ0) is 12.4. The lowest BCUT2D eigenvalue weighted by Gasteiger charge is -2.15. The molecule has 94 valence electrons. The van der Waals surface area contributed by atoms with E-state index in [0.29, 0.717) is 5.13 Å². The van der Waals surface area contributed by atoms with Crippen molar-refractivity contribution in [2.45, 2.75) is 25.8 Å². The van der Waals surface area contributed by atoms with Gasteiger partial charge in [-0.25, -0.2) is 9.78 Å². The Balaban J connectivity index is 1.82. The predicted molar refractivity (Wildman–Crippen MR) is 68.0 cm³/mol. The lowest BCUT2D eigenvalue weighted by atomic mass is 10.4. The van der Waals surface area contributed by atoms with Gasteiger partial charge in [0, 0.05) is 24.0 Å². The highest BCUT2D eigenvalue weighted by Crippen LogP contribution is 2.25. The van der Waals surface area contributed by atoms with Crippen molar-refractivity contribution in [1.82, 2.24) is 9.88 Å². The molecule has 0 radical (unpaired) electrons. The van der Waals surface area contributed by atoms with E-state index in [1.54, 1.807) is 6.92 Å². The molecule has 1 aromatic heterocycles. The van der Waals surface area contributed by atoms with E-state index in [4.69, 9.17) is 5.11 Å². The van der Waals surface area contributed by atoms with E-state index in [1.807, 2.05) is 0 Å². The van der Waals surface area contributed by atoms with E-state index in [-0.39, 0.29) is 5.69 Å². The molecule has 2 N–H and O–H groups in total. The van der Waals surface area contributed by atoms with Gasteiger partial charge in [-0.3, -0.25) is 0 Å². The van der Waals surface area contributed by atoms with Crippen LogP contribution in [0.2, 0.25) is 0 Å². The first-order valence-corrected chi connectivity index (χ1v) is 6.54. The summed E-state index contributed by atoms with van der Waals surface area (Å²) in [6, 6.07) is 0.754. The summed E-state index contributed by atoms with van der Waals surface area (Å²) >= 11 is 1.40. The Labute approximate surface area is 104 Å². The Bertz CT molecular complexity index is 415. The minimum Gasteiger partial charge on any atom is -0.476 e. The summed E-state index contributed by atoms with van der Waals surface area (Å²) in [5.41, 5.74) is 0.160. The number of anilines is 1. The second-order valence-electron chi connectivity index (χ2n) is 4.37. The van der Waals surface area contributed by atoms with E-state index in [0.717, 1.165) is 24.0 Å². The summed E-state index contributed by atoms with van der Waals surface area (Å²) < 4.78 is 0. The van der Waals surface area contributed by atoms with Crippen molar-refractivity contribution in [2.75, 3.05) is 25.5 Å². The van der Waals surface area contributed by atoms with Crippen LogP contribution in [-0.2, 0) is 0 Å². The zero-order valence-corrected chi connectivity index (χ0v) is 10.9. The first kappa shape index (κ1) is 12.3. The van der Waals surface area contributed by atoms with Gasteiger partial charge in [-0.05, 0) is 26.8 Å². The molecule has 1 aliphatic carbocycles. The van der Waals surface area contributed by atoms with Gasteiger partial charge < -0.3 is 15.3 Å². The molecule has 17 heavy (non-hydrogen) atoms. The van der Waals surface area contributed by atoms with Crippen molar-refractivity contribution in [2.24, 2.45) is 0 Å². The molecule has 0 amide bonds. The number of nitrogens with one attached hydrogen (secondary N) is 1. The Morgan fingerprint density at radius 2 is 2.35 bits per heavy atom. The number of aromatic carboxylic acids is 1. The molecule has 6 heteroatoms. The molecule has 0 bridgehead atoms. The fourth-order valence-electron chi connectivity index (χ4n) is 1.71. The summed E-state index contributed by atoms with van der Waals surface area (Å²) in [4.78, 5) is 17.9. The molecular formula is C11H17N3O2S. The first-order chi connectivity index (χ1) is 8.08. The van der Waals surface area contributed by atoms with E-state index >= 15 is 0 Å². The summed E-state index contributed by atoms with van der Waals surface area (Å²) in [5.74, 6) is -0.957. The van der Waals surface area contributed by atoms with Crippen LogP contribution in [0.25, 0.3) is 0 Å². The fourth-order valence-corrected chi connectivity index (χ4v) is 2.54. The van der Waals surface area contributed by atoms with Gasteiger partial charge in [0.15, 0.2) is 10.8 Å². The Hall–Kier alpha value is -1.14. The number of carboxylic acid groups (broad SMARTS) is 1. The van der Waals surface area contributed by atoms with Crippen LogP contribution in [0.5, 0.6) is 0 Å². The largest absolute Gasteiger partial charge is 0.476 e. The van der Waals surface area contributed by atoms with Gasteiger partial charge in [-0.15, -0.1) is 11.3 Å². The van der Waals surface area contributed by atoms with Crippen molar-refractivity contribution < 1.29 is 9.90 Å². The van der Waals surface area contributed by atoms with Crippen LogP contribution in [0.4, 0.5) is 5.13 Å².